The van der Waals surface area contributed by atoms with E-state index in [2.05, 4.69) is 217 Å². The standard InChI is InChI=1S/C29H28ClN3O.C27H26ClN3.C27H29ClN2O.C26H27ClN2O/c1-29(2,3)17-28-32-26-16-23(34-19-22-13-12-20-8-5-7-11-25(20)31-22)14-15-27(26)33(28)18-21-9-4-6-10-24(21)30;1-18(2)14-20-8-11-22(12-9-20)19(3)27-30-25-15-21(16-29)10-13-26(25)31(27)17-23-6-4-5-7-24(23)28;1-18(2)15-20-9-11-21(12-10-20)19(3)27-29-25-16-23(31-4)13-14-26(25)30(27)17-22-7-5-6-8-24(22)28;1-17(2)14-19-8-10-20(11-9-19)18(3)26-28-24-15-22(30)12-13-25(24)29(26)16-21-6-4-5-7-23(21)27/h4-16H,17-19H2,1-3H3;4-13,15,18-19H,14,17H2,1-3H3;5-14,16,18-19H,15,17H2,1-4H3;4-13,15,17-18,30H,14,16H2,1-3H3. The molecule has 0 saturated carbocycles. The molecule has 0 amide bonds. The quantitative estimate of drug-likeness (QED) is 0.0591. The van der Waals surface area contributed by atoms with Gasteiger partial charge >= 0.3 is 0 Å². The third-order valence-electron chi connectivity index (χ3n) is 22.9. The number of ether oxygens (including phenoxy) is 2. The highest BCUT2D eigenvalue weighted by Gasteiger charge is 2.26. The normalized spacial score (nSPS) is 12.3. The van der Waals surface area contributed by atoms with Crippen molar-refractivity contribution in [1.82, 2.24) is 43.2 Å². The SMILES string of the molecule is CC(C)(C)Cc1nc2cc(OCc3ccc4ccccc4n3)ccc2n1Cc1ccccc1Cl.CC(C)Cc1ccc(C(C)c2nc3cc(C#N)ccc3n2Cc2ccccc2Cl)cc1.CC(C)Cc1ccc(C(C)c2nc3cc(O)ccc3n2Cc2ccccc2Cl)cc1.COc1ccc2c(c1)nc(C(C)c1ccc(CC(C)C)cc1)n2Cc1ccccc1Cl. The number of imidazole rings is 4. The van der Waals surface area contributed by atoms with Crippen LogP contribution in [0.3, 0.4) is 0 Å². The molecule has 3 unspecified atom stereocenters. The Morgan fingerprint density at radius 1 is 0.373 bits per heavy atom. The molecule has 0 aliphatic carbocycles. The Kier molecular flexibility index (Phi) is 29.3. The topological polar surface area (TPSA) is 147 Å². The number of methoxy groups -OCH3 is 1. The Labute approximate surface area is 761 Å². The van der Waals surface area contributed by atoms with E-state index in [1.165, 1.54) is 33.4 Å². The lowest BCUT2D eigenvalue weighted by atomic mass is 9.92. The molecule has 0 spiro atoms. The van der Waals surface area contributed by atoms with Crippen LogP contribution in [0.25, 0.3) is 55.0 Å². The van der Waals surface area contributed by atoms with Crippen LogP contribution < -0.4 is 9.47 Å². The second-order valence-corrected chi connectivity index (χ2v) is 37.0. The first-order valence-corrected chi connectivity index (χ1v) is 45.0. The number of hydrogen-bond acceptors (Lipinski definition) is 9. The summed E-state index contributed by atoms with van der Waals surface area (Å²) >= 11 is 25.9. The zero-order valence-corrected chi connectivity index (χ0v) is 77.2. The van der Waals surface area contributed by atoms with E-state index in [1.54, 1.807) is 19.2 Å². The zero-order chi connectivity index (χ0) is 88.9. The van der Waals surface area contributed by atoms with Crippen molar-refractivity contribution < 1.29 is 14.6 Å². The third kappa shape index (κ3) is 22.4. The molecule has 5 aromatic heterocycles. The van der Waals surface area contributed by atoms with Gasteiger partial charge in [0.2, 0.25) is 0 Å². The predicted octanol–water partition coefficient (Wildman–Crippen LogP) is 28.3. The van der Waals surface area contributed by atoms with Crippen molar-refractivity contribution in [1.29, 1.82) is 5.26 Å². The first kappa shape index (κ1) is 90.2. The summed E-state index contributed by atoms with van der Waals surface area (Å²) in [6.07, 6.45) is 4.12. The van der Waals surface area contributed by atoms with Crippen molar-refractivity contribution in [2.24, 2.45) is 23.2 Å². The molecule has 0 aliphatic rings. The van der Waals surface area contributed by atoms with Crippen molar-refractivity contribution in [2.45, 2.75) is 159 Å². The Bertz CT molecular complexity index is 6650. The van der Waals surface area contributed by atoms with Gasteiger partial charge in [-0.05, 0) is 189 Å². The molecular formula is C109H110Cl4N10O3. The van der Waals surface area contributed by atoms with Gasteiger partial charge in [0, 0.05) is 67.9 Å². The number of aromatic hydroxyl groups is 1. The number of nitriles is 1. The summed E-state index contributed by atoms with van der Waals surface area (Å²) < 4.78 is 20.5. The highest BCUT2D eigenvalue weighted by molar-refractivity contribution is 6.32. The van der Waals surface area contributed by atoms with Crippen LogP contribution in [-0.2, 0) is 58.5 Å². The first-order chi connectivity index (χ1) is 60.7. The van der Waals surface area contributed by atoms with E-state index >= 15 is 0 Å². The van der Waals surface area contributed by atoms with E-state index < -0.39 is 0 Å². The minimum absolute atomic E-state index is 0.105. The lowest BCUT2D eigenvalue weighted by Gasteiger charge is -2.19. The number of halogens is 4. The summed E-state index contributed by atoms with van der Waals surface area (Å²) in [4.78, 5) is 24.6. The number of aromatic nitrogens is 9. The summed E-state index contributed by atoms with van der Waals surface area (Å²) in [5.74, 6) is 8.12. The van der Waals surface area contributed by atoms with E-state index in [-0.39, 0.29) is 28.9 Å². The van der Waals surface area contributed by atoms with Crippen LogP contribution in [0.4, 0.5) is 0 Å². The van der Waals surface area contributed by atoms with E-state index in [1.807, 2.05) is 158 Å². The average Bonchev–Trinajstić information content (AvgIpc) is 1.64. The fourth-order valence-electron chi connectivity index (χ4n) is 16.4. The van der Waals surface area contributed by atoms with Crippen LogP contribution in [-0.4, -0.2) is 55.4 Å². The number of para-hydroxylation sites is 1. The molecule has 3 atom stereocenters. The number of rotatable bonds is 25. The first-order valence-electron chi connectivity index (χ1n) is 43.5. The van der Waals surface area contributed by atoms with Gasteiger partial charge in [-0.1, -0.05) is 299 Å². The number of phenols is 1. The highest BCUT2D eigenvalue weighted by atomic mass is 35.5. The van der Waals surface area contributed by atoms with Crippen molar-refractivity contribution in [2.75, 3.05) is 7.11 Å². The van der Waals surface area contributed by atoms with Gasteiger partial charge in [0.1, 0.15) is 47.2 Å². The fourth-order valence-corrected chi connectivity index (χ4v) is 17.1. The Morgan fingerprint density at radius 3 is 1.16 bits per heavy atom. The molecular weight excluding hydrogens is 1640 g/mol. The largest absolute Gasteiger partial charge is 0.508 e. The summed E-state index contributed by atoms with van der Waals surface area (Å²) in [5, 5.41) is 23.4. The number of nitrogens with zero attached hydrogens (tertiary/aromatic N) is 10. The van der Waals surface area contributed by atoms with Crippen LogP contribution in [0.15, 0.2) is 279 Å². The molecule has 17 rings (SSSR count). The molecule has 0 radical (unpaired) electrons. The molecule has 0 saturated heterocycles. The molecule has 0 bridgehead atoms. The van der Waals surface area contributed by atoms with Crippen molar-refractivity contribution in [3.05, 3.63) is 389 Å². The molecule has 1 N–H and O–H groups in total. The second kappa shape index (κ2) is 41.0. The fraction of sp³-hybridized carbons (Fsp3) is 0.266. The lowest BCUT2D eigenvalue weighted by Crippen LogP contribution is -2.15. The monoisotopic (exact) mass is 1750 g/mol. The van der Waals surface area contributed by atoms with Gasteiger partial charge in [-0.25, -0.2) is 24.9 Å². The Hall–Kier alpha value is -12.0. The number of fused-ring (bicyclic) bond motifs is 5. The number of phenolic OH excluding ortho intramolecular Hbond substituents is 1. The molecule has 642 valence electrons. The maximum absolute atomic E-state index is 9.95. The van der Waals surface area contributed by atoms with Crippen molar-refractivity contribution in [3.63, 3.8) is 0 Å². The Balaban J connectivity index is 0.000000136. The third-order valence-corrected chi connectivity index (χ3v) is 24.3. The molecule has 17 heteroatoms. The van der Waals surface area contributed by atoms with Crippen molar-refractivity contribution >= 4 is 101 Å². The summed E-state index contributed by atoms with van der Waals surface area (Å²) in [6, 6.07) is 96.2. The predicted molar refractivity (Wildman–Crippen MR) is 521 cm³/mol. The van der Waals surface area contributed by atoms with Crippen LogP contribution >= 0.6 is 46.4 Å². The van der Waals surface area contributed by atoms with Gasteiger partial charge in [0.05, 0.1) is 100 Å². The number of hydrogen-bond donors (Lipinski definition) is 1. The van der Waals surface area contributed by atoms with Crippen molar-refractivity contribution in [3.8, 4) is 23.3 Å². The van der Waals surface area contributed by atoms with Gasteiger partial charge in [-0.3, -0.25) is 0 Å². The minimum atomic E-state index is 0.105. The maximum Gasteiger partial charge on any atom is 0.130 e. The maximum atomic E-state index is 9.95. The molecule has 13 nitrogen and oxygen atoms in total. The average molecular weight is 1750 g/mol. The minimum Gasteiger partial charge on any atom is -0.508 e. The zero-order valence-electron chi connectivity index (χ0n) is 74.1. The molecule has 126 heavy (non-hydrogen) atoms. The van der Waals surface area contributed by atoms with E-state index in [4.69, 9.17) is 80.8 Å². The van der Waals surface area contributed by atoms with Gasteiger partial charge in [-0.15, -0.1) is 0 Å². The summed E-state index contributed by atoms with van der Waals surface area (Å²) in [5.41, 5.74) is 22.3. The van der Waals surface area contributed by atoms with E-state index in [9.17, 15) is 10.4 Å². The molecule has 0 aliphatic heterocycles. The summed E-state index contributed by atoms with van der Waals surface area (Å²) in [6.45, 7) is 29.8. The second-order valence-electron chi connectivity index (χ2n) is 35.3. The van der Waals surface area contributed by atoms with Gasteiger partial charge < -0.3 is 32.8 Å². The highest BCUT2D eigenvalue weighted by Crippen LogP contribution is 2.37. The van der Waals surface area contributed by atoms with E-state index in [0.29, 0.717) is 56.1 Å². The Morgan fingerprint density at radius 2 is 0.738 bits per heavy atom. The smallest absolute Gasteiger partial charge is 0.130 e. The van der Waals surface area contributed by atoms with Crippen LogP contribution in [0.2, 0.25) is 20.1 Å². The molecule has 12 aromatic carbocycles. The van der Waals surface area contributed by atoms with Crippen LogP contribution in [0, 0.1) is 34.5 Å². The summed E-state index contributed by atoms with van der Waals surface area (Å²) in [7, 11) is 1.68. The molecule has 5 heterocycles. The van der Waals surface area contributed by atoms with Crippen LogP contribution in [0.1, 0.15) is 191 Å². The number of pyridine rings is 1. The van der Waals surface area contributed by atoms with Gasteiger partial charge in [0.15, 0.2) is 0 Å². The lowest BCUT2D eigenvalue weighted by molar-refractivity contribution is 0.302. The van der Waals surface area contributed by atoms with Crippen LogP contribution in [0.5, 0.6) is 17.2 Å². The van der Waals surface area contributed by atoms with E-state index in [0.717, 1.165) is 164 Å². The molecule has 0 fully saturated rings. The molecule has 17 aromatic rings. The van der Waals surface area contributed by atoms with Gasteiger partial charge in [0.25, 0.3) is 0 Å². The van der Waals surface area contributed by atoms with Gasteiger partial charge in [-0.2, -0.15) is 5.26 Å². The number of benzene rings is 12.